The van der Waals surface area contributed by atoms with Crippen molar-refractivity contribution in [3.63, 3.8) is 0 Å². The molecule has 0 spiro atoms. The van der Waals surface area contributed by atoms with Gasteiger partial charge in [-0.1, -0.05) is 66.6 Å². The number of benzene rings is 2. The Balaban J connectivity index is 2.15. The lowest BCUT2D eigenvalue weighted by atomic mass is 9.87. The van der Waals surface area contributed by atoms with Gasteiger partial charge in [0.2, 0.25) is 0 Å². The first-order chi connectivity index (χ1) is 9.60. The smallest absolute Gasteiger partial charge is 0.0648 e. The molecule has 2 rings (SSSR count). The third-order valence-corrected chi connectivity index (χ3v) is 3.86. The molecule has 2 aromatic carbocycles. The van der Waals surface area contributed by atoms with Crippen molar-refractivity contribution >= 4 is 0 Å². The Morgan fingerprint density at radius 2 is 1.55 bits per heavy atom. The van der Waals surface area contributed by atoms with Crippen molar-refractivity contribution in [1.29, 1.82) is 0 Å². The molecule has 0 aliphatic rings. The fourth-order valence-electron chi connectivity index (χ4n) is 3.00. The Hall–Kier alpha value is -1.60. The summed E-state index contributed by atoms with van der Waals surface area (Å²) in [5.41, 5.74) is 4.98. The quantitative estimate of drug-likeness (QED) is 0.852. The maximum atomic E-state index is 10.6. The van der Waals surface area contributed by atoms with Crippen LogP contribution in [0.25, 0.3) is 0 Å². The SMILES string of the molecule is CCC(c1ccccc1)C(O)Cc1cc(C)cc(C)c1. The van der Waals surface area contributed by atoms with E-state index in [1.54, 1.807) is 0 Å². The minimum absolute atomic E-state index is 0.206. The van der Waals surface area contributed by atoms with Crippen LogP contribution in [0.1, 0.15) is 41.5 Å². The highest BCUT2D eigenvalue weighted by molar-refractivity contribution is 5.30. The van der Waals surface area contributed by atoms with Crippen LogP contribution in [-0.4, -0.2) is 11.2 Å². The van der Waals surface area contributed by atoms with Gasteiger partial charge in [-0.2, -0.15) is 0 Å². The zero-order valence-corrected chi connectivity index (χ0v) is 12.6. The maximum absolute atomic E-state index is 10.6. The molecule has 0 fully saturated rings. The third kappa shape index (κ3) is 3.71. The maximum Gasteiger partial charge on any atom is 0.0648 e. The molecular weight excluding hydrogens is 244 g/mol. The topological polar surface area (TPSA) is 20.2 Å². The van der Waals surface area contributed by atoms with Gasteiger partial charge in [0.15, 0.2) is 0 Å². The van der Waals surface area contributed by atoms with Crippen LogP contribution in [0.2, 0.25) is 0 Å². The van der Waals surface area contributed by atoms with E-state index >= 15 is 0 Å². The molecule has 2 atom stereocenters. The first-order valence-corrected chi connectivity index (χ1v) is 7.40. The van der Waals surface area contributed by atoms with E-state index in [1.165, 1.54) is 22.3 Å². The summed E-state index contributed by atoms with van der Waals surface area (Å²) in [7, 11) is 0. The summed E-state index contributed by atoms with van der Waals surface area (Å²) in [5, 5.41) is 10.6. The molecule has 1 heteroatoms. The first kappa shape index (κ1) is 14.8. The van der Waals surface area contributed by atoms with Crippen LogP contribution >= 0.6 is 0 Å². The van der Waals surface area contributed by atoms with Crippen LogP contribution in [0.15, 0.2) is 48.5 Å². The van der Waals surface area contributed by atoms with Crippen LogP contribution in [0, 0.1) is 13.8 Å². The molecule has 0 saturated carbocycles. The van der Waals surface area contributed by atoms with Crippen molar-refractivity contribution in [1.82, 2.24) is 0 Å². The van der Waals surface area contributed by atoms with Gasteiger partial charge in [0, 0.05) is 5.92 Å². The number of aliphatic hydroxyl groups is 1. The lowest BCUT2D eigenvalue weighted by Gasteiger charge is -2.22. The molecule has 0 aliphatic heterocycles. The molecule has 0 aromatic heterocycles. The van der Waals surface area contributed by atoms with Gasteiger partial charge in [-0.15, -0.1) is 0 Å². The Bertz CT molecular complexity index is 525. The number of hydrogen-bond acceptors (Lipinski definition) is 1. The van der Waals surface area contributed by atoms with Crippen molar-refractivity contribution in [2.75, 3.05) is 0 Å². The van der Waals surface area contributed by atoms with Crippen LogP contribution in [-0.2, 0) is 6.42 Å². The number of aryl methyl sites for hydroxylation is 2. The van der Waals surface area contributed by atoms with E-state index in [1.807, 2.05) is 18.2 Å². The third-order valence-electron chi connectivity index (χ3n) is 3.86. The molecule has 0 heterocycles. The summed E-state index contributed by atoms with van der Waals surface area (Å²) in [4.78, 5) is 0. The average molecular weight is 268 g/mol. The molecule has 2 unspecified atom stereocenters. The molecule has 0 bridgehead atoms. The van der Waals surface area contributed by atoms with E-state index < -0.39 is 0 Å². The number of rotatable bonds is 5. The molecule has 1 nitrogen and oxygen atoms in total. The fraction of sp³-hybridized carbons (Fsp3) is 0.368. The summed E-state index contributed by atoms with van der Waals surface area (Å²) in [6.45, 7) is 6.36. The largest absolute Gasteiger partial charge is 0.392 e. The molecule has 0 aliphatic carbocycles. The van der Waals surface area contributed by atoms with Crippen LogP contribution < -0.4 is 0 Å². The molecule has 20 heavy (non-hydrogen) atoms. The Morgan fingerprint density at radius 3 is 2.10 bits per heavy atom. The van der Waals surface area contributed by atoms with E-state index in [2.05, 4.69) is 51.1 Å². The van der Waals surface area contributed by atoms with Crippen molar-refractivity contribution in [2.24, 2.45) is 0 Å². The lowest BCUT2D eigenvalue weighted by molar-refractivity contribution is 0.141. The number of hydrogen-bond donors (Lipinski definition) is 1. The predicted octanol–water partition coefficient (Wildman–Crippen LogP) is 4.40. The fourth-order valence-corrected chi connectivity index (χ4v) is 3.00. The van der Waals surface area contributed by atoms with Crippen LogP contribution in [0.5, 0.6) is 0 Å². The molecule has 106 valence electrons. The zero-order valence-electron chi connectivity index (χ0n) is 12.6. The Kier molecular flexibility index (Phi) is 4.97. The van der Waals surface area contributed by atoms with E-state index in [-0.39, 0.29) is 12.0 Å². The van der Waals surface area contributed by atoms with Gasteiger partial charge in [0.25, 0.3) is 0 Å². The molecule has 0 amide bonds. The minimum atomic E-state index is -0.330. The van der Waals surface area contributed by atoms with Gasteiger partial charge in [-0.05, 0) is 37.8 Å². The summed E-state index contributed by atoms with van der Waals surface area (Å²) in [5.74, 6) is 0.206. The predicted molar refractivity (Wildman–Crippen MR) is 85.1 cm³/mol. The first-order valence-electron chi connectivity index (χ1n) is 7.40. The van der Waals surface area contributed by atoms with Crippen LogP contribution in [0.4, 0.5) is 0 Å². The normalized spacial score (nSPS) is 14.0. The van der Waals surface area contributed by atoms with Crippen molar-refractivity contribution in [2.45, 2.75) is 45.6 Å². The van der Waals surface area contributed by atoms with Crippen LogP contribution in [0.3, 0.4) is 0 Å². The highest BCUT2D eigenvalue weighted by atomic mass is 16.3. The van der Waals surface area contributed by atoms with Crippen molar-refractivity contribution in [3.8, 4) is 0 Å². The van der Waals surface area contributed by atoms with E-state index in [0.29, 0.717) is 0 Å². The standard InChI is InChI=1S/C19H24O/c1-4-18(17-8-6-5-7-9-17)19(20)13-16-11-14(2)10-15(3)12-16/h5-12,18-20H,4,13H2,1-3H3. The number of aliphatic hydroxyl groups excluding tert-OH is 1. The van der Waals surface area contributed by atoms with Crippen molar-refractivity contribution in [3.05, 3.63) is 70.8 Å². The Morgan fingerprint density at radius 1 is 0.950 bits per heavy atom. The van der Waals surface area contributed by atoms with Gasteiger partial charge in [-0.25, -0.2) is 0 Å². The molecule has 1 N–H and O–H groups in total. The highest BCUT2D eigenvalue weighted by Crippen LogP contribution is 2.26. The monoisotopic (exact) mass is 268 g/mol. The van der Waals surface area contributed by atoms with Gasteiger partial charge in [0.1, 0.15) is 0 Å². The molecule has 0 radical (unpaired) electrons. The summed E-state index contributed by atoms with van der Waals surface area (Å²) in [6.07, 6.45) is 1.34. The van der Waals surface area contributed by atoms with Gasteiger partial charge >= 0.3 is 0 Å². The zero-order chi connectivity index (χ0) is 14.5. The molecule has 2 aromatic rings. The summed E-state index contributed by atoms with van der Waals surface area (Å²) < 4.78 is 0. The average Bonchev–Trinajstić information content (AvgIpc) is 2.39. The second kappa shape index (κ2) is 6.71. The minimum Gasteiger partial charge on any atom is -0.392 e. The van der Waals surface area contributed by atoms with Gasteiger partial charge < -0.3 is 5.11 Å². The Labute approximate surface area is 122 Å². The second-order valence-electron chi connectivity index (χ2n) is 5.69. The summed E-state index contributed by atoms with van der Waals surface area (Å²) >= 11 is 0. The second-order valence-corrected chi connectivity index (χ2v) is 5.69. The van der Waals surface area contributed by atoms with Crippen molar-refractivity contribution < 1.29 is 5.11 Å². The lowest BCUT2D eigenvalue weighted by Crippen LogP contribution is -2.20. The van der Waals surface area contributed by atoms with E-state index in [4.69, 9.17) is 0 Å². The van der Waals surface area contributed by atoms with E-state index in [0.717, 1.165) is 12.8 Å². The molecule has 0 saturated heterocycles. The van der Waals surface area contributed by atoms with Gasteiger partial charge in [0.05, 0.1) is 6.10 Å². The van der Waals surface area contributed by atoms with Gasteiger partial charge in [-0.3, -0.25) is 0 Å². The summed E-state index contributed by atoms with van der Waals surface area (Å²) in [6, 6.07) is 16.8. The van der Waals surface area contributed by atoms with E-state index in [9.17, 15) is 5.11 Å². The highest BCUT2D eigenvalue weighted by Gasteiger charge is 2.19. The molecular formula is C19H24O.